The molecule has 13 nitrogen and oxygen atoms in total. The molecule has 5 rings (SSSR count). The number of rotatable bonds is 7. The van der Waals surface area contributed by atoms with E-state index >= 15 is 0 Å². The predicted molar refractivity (Wildman–Crippen MR) is 146 cm³/mol. The molecule has 0 aliphatic rings. The van der Waals surface area contributed by atoms with Gasteiger partial charge in [0.1, 0.15) is 0 Å². The molecule has 0 radical (unpaired) electrons. The highest BCUT2D eigenvalue weighted by atomic mass is 35.7. The quantitative estimate of drug-likeness (QED) is 0.205. The average Bonchev–Trinajstić information content (AvgIpc) is 3.41. The summed E-state index contributed by atoms with van der Waals surface area (Å²) in [5.74, 6) is 0. The van der Waals surface area contributed by atoms with Gasteiger partial charge in [0.15, 0.2) is 0 Å². The Balaban J connectivity index is 0.000000782. The fourth-order valence-corrected chi connectivity index (χ4v) is 6.53. The number of hydrogen-bond acceptors (Lipinski definition) is 11. The van der Waals surface area contributed by atoms with E-state index in [9.17, 15) is 16.8 Å². The van der Waals surface area contributed by atoms with E-state index in [2.05, 4.69) is 31.6 Å². The fourth-order valence-electron chi connectivity index (χ4n) is 3.97. The number of aryl methyl sites for hydroxylation is 1. The minimum absolute atomic E-state index is 0.0242. The van der Waals surface area contributed by atoms with E-state index < -0.39 is 34.6 Å². The minimum Gasteiger partial charge on any atom is -0.253 e. The van der Waals surface area contributed by atoms with Gasteiger partial charge in [-0.3, -0.25) is 4.72 Å². The van der Waals surface area contributed by atoms with Gasteiger partial charge in [-0.1, -0.05) is 47.7 Å². The van der Waals surface area contributed by atoms with Crippen LogP contribution in [0.5, 0.6) is 0 Å². The number of anilines is 1. The first-order valence-electron chi connectivity index (χ1n) is 11.9. The summed E-state index contributed by atoms with van der Waals surface area (Å²) in [4.78, 5) is -0.0242. The third-order valence-electron chi connectivity index (χ3n) is 5.63. The lowest BCUT2D eigenvalue weighted by molar-refractivity contribution is -2.00. The molecule has 0 saturated carbocycles. The zero-order chi connectivity index (χ0) is 31.4. The van der Waals surface area contributed by atoms with E-state index in [-0.39, 0.29) is 10.0 Å². The number of nitrogens with one attached hydrogen (secondary N) is 1. The van der Waals surface area contributed by atoms with Crippen molar-refractivity contribution in [2.45, 2.75) is 16.2 Å². The van der Waals surface area contributed by atoms with Crippen LogP contribution in [-0.2, 0) is 20.0 Å². The second kappa shape index (κ2) is 12.8. The summed E-state index contributed by atoms with van der Waals surface area (Å²) in [6.07, 6.45) is 0. The molecule has 17 heteroatoms. The predicted octanol–water partition coefficient (Wildman–Crippen LogP) is -0.851. The third kappa shape index (κ3) is 8.60. The highest BCUT2D eigenvalue weighted by Gasteiger charge is 2.25. The van der Waals surface area contributed by atoms with Gasteiger partial charge in [0.2, 0.25) is 26.5 Å². The number of hydrogen-bond donors (Lipinski definition) is 2. The first-order valence-corrected chi connectivity index (χ1v) is 17.0. The summed E-state index contributed by atoms with van der Waals surface area (Å²) >= 11 is 0.532. The molecule has 0 unspecified atom stereocenters. The zero-order valence-electron chi connectivity index (χ0n) is 22.0. The van der Waals surface area contributed by atoms with Crippen molar-refractivity contribution < 1.29 is 50.3 Å². The van der Waals surface area contributed by atoms with Gasteiger partial charge in [0.05, 0.1) is 4.90 Å². The molecule has 5 aromatic rings. The van der Waals surface area contributed by atoms with E-state index in [1.165, 1.54) is 12.1 Å². The van der Waals surface area contributed by atoms with Gasteiger partial charge in [0, 0.05) is 35.4 Å². The summed E-state index contributed by atoms with van der Waals surface area (Å²) in [5.41, 5.74) is 5.75. The Bertz CT molecular complexity index is 1870. The van der Waals surface area contributed by atoms with Crippen LogP contribution in [0.3, 0.4) is 0 Å². The van der Waals surface area contributed by atoms with Gasteiger partial charge in [-0.25, -0.2) is 40.6 Å². The number of halogens is 1. The number of primary sulfonamides is 1. The molecule has 3 N–H and O–H groups in total. The van der Waals surface area contributed by atoms with Gasteiger partial charge in [-0.15, -0.1) is 20.4 Å². The molecule has 0 aliphatic carbocycles. The van der Waals surface area contributed by atoms with Crippen LogP contribution in [0.1, 0.15) is 5.56 Å². The van der Waals surface area contributed by atoms with Crippen LogP contribution < -0.4 is 33.1 Å². The van der Waals surface area contributed by atoms with E-state index in [4.69, 9.17) is 23.8 Å². The fraction of sp³-hybridized carbons (Fsp3) is 0.0385. The van der Waals surface area contributed by atoms with Crippen LogP contribution >= 0.6 is 11.3 Å². The molecule has 0 bridgehead atoms. The van der Waals surface area contributed by atoms with Gasteiger partial charge in [0.25, 0.3) is 20.0 Å². The highest BCUT2D eigenvalue weighted by Crippen LogP contribution is 2.27. The van der Waals surface area contributed by atoms with Crippen LogP contribution in [0.2, 0.25) is 0 Å². The number of benzene rings is 3. The largest absolute Gasteiger partial charge is 0.267 e. The molecule has 0 aliphatic heterocycles. The first-order chi connectivity index (χ1) is 20.1. The molecule has 2 aromatic heterocycles. The van der Waals surface area contributed by atoms with E-state index in [0.717, 1.165) is 33.8 Å². The number of pyridine rings is 1. The Hall–Kier alpha value is -3.84. The van der Waals surface area contributed by atoms with Crippen LogP contribution in [-0.4, -0.2) is 27.0 Å². The molecule has 0 amide bonds. The summed E-state index contributed by atoms with van der Waals surface area (Å²) in [6, 6.07) is 30.5. The minimum atomic E-state index is -4.94. The Morgan fingerprint density at radius 3 is 1.65 bits per heavy atom. The molecule has 3 aromatic carbocycles. The van der Waals surface area contributed by atoms with Crippen LogP contribution in [0.15, 0.2) is 106 Å². The molecule has 43 heavy (non-hydrogen) atoms. The van der Waals surface area contributed by atoms with Gasteiger partial charge < -0.3 is 0 Å². The maximum atomic E-state index is 13.0. The first kappa shape index (κ1) is 32.1. The summed E-state index contributed by atoms with van der Waals surface area (Å²) < 4.78 is 86.7. The van der Waals surface area contributed by atoms with Crippen molar-refractivity contribution >= 4 is 36.5 Å². The van der Waals surface area contributed by atoms with Crippen molar-refractivity contribution in [3.05, 3.63) is 103 Å². The van der Waals surface area contributed by atoms with Crippen molar-refractivity contribution in [1.82, 2.24) is 10.2 Å². The van der Waals surface area contributed by atoms with E-state index in [1.54, 1.807) is 12.1 Å². The Morgan fingerprint density at radius 2 is 1.23 bits per heavy atom. The zero-order valence-corrected chi connectivity index (χ0v) is 25.2. The third-order valence-corrected chi connectivity index (χ3v) is 9.26. The smallest absolute Gasteiger partial charge is 0.253 e. The topological polar surface area (TPSA) is 228 Å². The summed E-state index contributed by atoms with van der Waals surface area (Å²) in [5, 5.41) is 11.8. The maximum absolute atomic E-state index is 13.0. The maximum Gasteiger partial charge on any atom is 0.267 e. The molecule has 224 valence electrons. The van der Waals surface area contributed by atoms with Crippen LogP contribution in [0, 0.1) is 17.2 Å². The molecule has 0 saturated heterocycles. The lowest BCUT2D eigenvalue weighted by Gasteiger charge is -2.17. The molecule has 0 atom stereocenters. The highest BCUT2D eigenvalue weighted by molar-refractivity contribution is 7.93. The Kier molecular flexibility index (Phi) is 9.55. The van der Waals surface area contributed by atoms with Crippen molar-refractivity contribution in [3.8, 4) is 28.2 Å². The van der Waals surface area contributed by atoms with Gasteiger partial charge in [-0.2, -0.15) is 4.57 Å². The number of nitrogens with two attached hydrogens (primary N) is 1. The number of aromatic nitrogens is 3. The standard InChI is InChI=1S/C26H22N5O4S3.ClHO4/c1-18-16-23(19-8-4-2-5-9-19)31(24(17-18)20-10-6-3-7-11-20)21-12-14-22(15-13-21)38(34,35)30-25-28-29-26(36-25)37(27,32)33;2-1(3,4)5/h2-17H,1H3,(H,28,30)(H2,27,32,33);(H,2,3,4,5)/q+1;/p-1. The summed E-state index contributed by atoms with van der Waals surface area (Å²) in [7, 11) is -13.1. The number of nitrogens with zero attached hydrogens (tertiary/aromatic N) is 3. The molecule has 0 fully saturated rings. The van der Waals surface area contributed by atoms with Crippen molar-refractivity contribution in [2.24, 2.45) is 5.14 Å². The second-order valence-electron chi connectivity index (χ2n) is 8.77. The van der Waals surface area contributed by atoms with Crippen molar-refractivity contribution in [2.75, 3.05) is 4.72 Å². The second-order valence-corrected chi connectivity index (χ2v) is 13.9. The van der Waals surface area contributed by atoms with Crippen molar-refractivity contribution in [3.63, 3.8) is 0 Å². The average molecular weight is 664 g/mol. The Labute approximate surface area is 253 Å². The van der Waals surface area contributed by atoms with E-state index in [1.807, 2.05) is 67.6 Å². The van der Waals surface area contributed by atoms with E-state index in [0.29, 0.717) is 11.3 Å². The summed E-state index contributed by atoms with van der Waals surface area (Å²) in [6.45, 7) is 2.04. The Morgan fingerprint density at radius 1 is 0.767 bits per heavy atom. The SMILES string of the molecule is Cc1cc(-c2ccccc2)[n+](-c2ccc(S(=O)(=O)Nc3nnc(S(N)(=O)=O)s3)cc2)c(-c2ccccc2)c1.[O-][Cl+3]([O-])([O-])[O-]. The lowest BCUT2D eigenvalue weighted by atomic mass is 10.0. The van der Waals surface area contributed by atoms with Gasteiger partial charge >= 0.3 is 0 Å². The lowest BCUT2D eigenvalue weighted by Crippen LogP contribution is -2.68. The number of sulfonamides is 2. The normalized spacial score (nSPS) is 11.9. The molecule has 2 heterocycles. The van der Waals surface area contributed by atoms with Crippen LogP contribution in [0.4, 0.5) is 5.13 Å². The van der Waals surface area contributed by atoms with Crippen LogP contribution in [0.25, 0.3) is 28.2 Å². The monoisotopic (exact) mass is 663 g/mol. The molecular formula is C26H22ClN5O8S3. The van der Waals surface area contributed by atoms with Crippen molar-refractivity contribution in [1.29, 1.82) is 0 Å². The molecule has 0 spiro atoms. The molecular weight excluding hydrogens is 642 g/mol. The van der Waals surface area contributed by atoms with Gasteiger partial charge in [-0.05, 0) is 48.9 Å².